The van der Waals surface area contributed by atoms with E-state index in [2.05, 4.69) is 24.1 Å². The van der Waals surface area contributed by atoms with E-state index in [4.69, 9.17) is 0 Å². The van der Waals surface area contributed by atoms with Crippen molar-refractivity contribution < 1.29 is 14.7 Å². The van der Waals surface area contributed by atoms with Crippen LogP contribution in [0.15, 0.2) is 0 Å². The van der Waals surface area contributed by atoms with Gasteiger partial charge in [-0.15, -0.1) is 0 Å². The zero-order valence-electron chi connectivity index (χ0n) is 13.3. The number of likely N-dealkylation sites (tertiary alicyclic amines) is 1. The molecule has 2 aliphatic rings. The van der Waals surface area contributed by atoms with Gasteiger partial charge in [-0.2, -0.15) is 0 Å². The molecule has 2 rings (SSSR count). The molecule has 1 heterocycles. The van der Waals surface area contributed by atoms with Gasteiger partial charge in [-0.1, -0.05) is 6.92 Å². The van der Waals surface area contributed by atoms with Crippen molar-refractivity contribution in [2.24, 2.45) is 17.8 Å². The van der Waals surface area contributed by atoms with Gasteiger partial charge < -0.3 is 15.3 Å². The summed E-state index contributed by atoms with van der Waals surface area (Å²) in [4.78, 5) is 26.1. The second kappa shape index (κ2) is 6.77. The van der Waals surface area contributed by atoms with E-state index in [1.54, 1.807) is 0 Å². The molecule has 5 nitrogen and oxygen atoms in total. The summed E-state index contributed by atoms with van der Waals surface area (Å²) in [6.07, 6.45) is 3.25. The van der Waals surface area contributed by atoms with E-state index >= 15 is 0 Å². The van der Waals surface area contributed by atoms with Gasteiger partial charge in [-0.3, -0.25) is 9.59 Å². The van der Waals surface area contributed by atoms with Crippen molar-refractivity contribution in [3.05, 3.63) is 0 Å². The lowest BCUT2D eigenvalue weighted by Crippen LogP contribution is -2.48. The third-order valence-corrected chi connectivity index (χ3v) is 5.06. The van der Waals surface area contributed by atoms with Crippen molar-refractivity contribution in [3.8, 4) is 0 Å². The first-order valence-corrected chi connectivity index (χ1v) is 8.15. The summed E-state index contributed by atoms with van der Waals surface area (Å²) in [5.41, 5.74) is 0. The first-order chi connectivity index (χ1) is 9.88. The smallest absolute Gasteiger partial charge is 0.307 e. The molecule has 0 aromatic carbocycles. The largest absolute Gasteiger partial charge is 0.481 e. The normalized spacial score (nSPS) is 31.5. The van der Waals surface area contributed by atoms with E-state index in [1.807, 2.05) is 6.92 Å². The zero-order chi connectivity index (χ0) is 15.6. The van der Waals surface area contributed by atoms with Gasteiger partial charge in [0.25, 0.3) is 0 Å². The van der Waals surface area contributed by atoms with Gasteiger partial charge in [0, 0.05) is 25.2 Å². The highest BCUT2D eigenvalue weighted by Gasteiger charge is 2.41. The fourth-order valence-corrected chi connectivity index (χ4v) is 3.72. The van der Waals surface area contributed by atoms with Crippen molar-refractivity contribution in [3.63, 3.8) is 0 Å². The molecule has 2 N–H and O–H groups in total. The van der Waals surface area contributed by atoms with Crippen LogP contribution in [0.3, 0.4) is 0 Å². The van der Waals surface area contributed by atoms with Crippen LogP contribution in [-0.2, 0) is 9.59 Å². The number of rotatable bonds is 4. The minimum Gasteiger partial charge on any atom is -0.481 e. The molecule has 1 saturated carbocycles. The molecule has 0 radical (unpaired) electrons. The van der Waals surface area contributed by atoms with E-state index in [-0.39, 0.29) is 17.9 Å². The molecule has 0 spiro atoms. The molecule has 2 fully saturated rings. The highest BCUT2D eigenvalue weighted by atomic mass is 16.4. The Morgan fingerprint density at radius 2 is 1.71 bits per heavy atom. The molecule has 1 aliphatic heterocycles. The Morgan fingerprint density at radius 1 is 1.14 bits per heavy atom. The number of nitrogens with zero attached hydrogens (tertiary/aromatic N) is 1. The van der Waals surface area contributed by atoms with Crippen LogP contribution in [0.2, 0.25) is 0 Å². The third kappa shape index (κ3) is 3.96. The van der Waals surface area contributed by atoms with Gasteiger partial charge in [-0.05, 0) is 45.4 Å². The van der Waals surface area contributed by atoms with Gasteiger partial charge in [0.15, 0.2) is 0 Å². The highest BCUT2D eigenvalue weighted by Crippen LogP contribution is 2.36. The van der Waals surface area contributed by atoms with Gasteiger partial charge >= 0.3 is 5.97 Å². The predicted molar refractivity (Wildman–Crippen MR) is 80.9 cm³/mol. The van der Waals surface area contributed by atoms with Gasteiger partial charge in [0.05, 0.1) is 11.8 Å². The third-order valence-electron chi connectivity index (χ3n) is 5.06. The number of carbonyl (C=O) groups is 2. The van der Waals surface area contributed by atoms with E-state index < -0.39 is 11.9 Å². The number of hydrogen-bond donors (Lipinski definition) is 2. The Labute approximate surface area is 127 Å². The summed E-state index contributed by atoms with van der Waals surface area (Å²) in [6.45, 7) is 8.43. The Balaban J connectivity index is 1.86. The molecule has 0 aromatic heterocycles. The number of carbonyl (C=O) groups excluding carboxylic acids is 1. The summed E-state index contributed by atoms with van der Waals surface area (Å²) in [7, 11) is 0. The molecular formula is C16H28N2O3. The Kier molecular flexibility index (Phi) is 5.25. The lowest BCUT2D eigenvalue weighted by molar-refractivity contribution is -0.146. The van der Waals surface area contributed by atoms with Gasteiger partial charge in [-0.25, -0.2) is 0 Å². The Morgan fingerprint density at radius 3 is 2.24 bits per heavy atom. The van der Waals surface area contributed by atoms with Gasteiger partial charge in [0.2, 0.25) is 5.91 Å². The quantitative estimate of drug-likeness (QED) is 0.829. The second-order valence-corrected chi connectivity index (χ2v) is 7.04. The standard InChI is InChI=1S/C16H28N2O3/c1-10(2)18-6-4-12(5-7-18)17-15(19)13-8-11(3)9-14(13)16(20)21/h10-14H,4-9H2,1-3H3,(H,17,19)(H,20,21). The maximum atomic E-state index is 12.4. The van der Waals surface area contributed by atoms with Crippen molar-refractivity contribution in [1.29, 1.82) is 0 Å². The molecular weight excluding hydrogens is 268 g/mol. The van der Waals surface area contributed by atoms with Crippen LogP contribution in [0.1, 0.15) is 46.5 Å². The zero-order valence-corrected chi connectivity index (χ0v) is 13.3. The molecule has 5 heteroatoms. The van der Waals surface area contributed by atoms with Crippen molar-refractivity contribution in [2.75, 3.05) is 13.1 Å². The predicted octanol–water partition coefficient (Wildman–Crippen LogP) is 1.72. The topological polar surface area (TPSA) is 69.6 Å². The van der Waals surface area contributed by atoms with Crippen molar-refractivity contribution >= 4 is 11.9 Å². The van der Waals surface area contributed by atoms with Crippen molar-refractivity contribution in [2.45, 2.75) is 58.5 Å². The first kappa shape index (κ1) is 16.3. The molecule has 0 bridgehead atoms. The van der Waals surface area contributed by atoms with E-state index in [1.165, 1.54) is 0 Å². The fraction of sp³-hybridized carbons (Fsp3) is 0.875. The number of amides is 1. The summed E-state index contributed by atoms with van der Waals surface area (Å²) in [6, 6.07) is 0.756. The summed E-state index contributed by atoms with van der Waals surface area (Å²) in [5, 5.41) is 12.4. The van der Waals surface area contributed by atoms with E-state index in [0.29, 0.717) is 24.8 Å². The number of carboxylic acids is 1. The van der Waals surface area contributed by atoms with Crippen LogP contribution in [0.5, 0.6) is 0 Å². The monoisotopic (exact) mass is 296 g/mol. The second-order valence-electron chi connectivity index (χ2n) is 7.04. The minimum absolute atomic E-state index is 0.0465. The summed E-state index contributed by atoms with van der Waals surface area (Å²) >= 11 is 0. The molecule has 1 saturated heterocycles. The van der Waals surface area contributed by atoms with E-state index in [0.717, 1.165) is 25.9 Å². The van der Waals surface area contributed by atoms with Crippen LogP contribution in [0, 0.1) is 17.8 Å². The lowest BCUT2D eigenvalue weighted by Gasteiger charge is -2.35. The molecule has 3 atom stereocenters. The van der Waals surface area contributed by atoms with Crippen LogP contribution in [0.25, 0.3) is 0 Å². The lowest BCUT2D eigenvalue weighted by atomic mass is 9.94. The number of hydrogen-bond acceptors (Lipinski definition) is 3. The average molecular weight is 296 g/mol. The Bertz CT molecular complexity index is 389. The SMILES string of the molecule is CC1CC(C(=O)O)C(C(=O)NC2CCN(C(C)C)CC2)C1. The van der Waals surface area contributed by atoms with E-state index in [9.17, 15) is 14.7 Å². The molecule has 1 aliphatic carbocycles. The molecule has 21 heavy (non-hydrogen) atoms. The maximum absolute atomic E-state index is 12.4. The summed E-state index contributed by atoms with van der Waals surface area (Å²) < 4.78 is 0. The number of piperidine rings is 1. The minimum atomic E-state index is -0.825. The maximum Gasteiger partial charge on any atom is 0.307 e. The first-order valence-electron chi connectivity index (χ1n) is 8.15. The van der Waals surface area contributed by atoms with Gasteiger partial charge in [0.1, 0.15) is 0 Å². The molecule has 3 unspecified atom stereocenters. The number of aliphatic carboxylic acids is 1. The number of nitrogens with one attached hydrogen (secondary N) is 1. The summed E-state index contributed by atoms with van der Waals surface area (Å²) in [5.74, 6) is -1.40. The molecule has 0 aromatic rings. The number of carboxylic acid groups (broad SMARTS) is 1. The van der Waals surface area contributed by atoms with Crippen LogP contribution in [-0.4, -0.2) is 47.1 Å². The van der Waals surface area contributed by atoms with Crippen LogP contribution >= 0.6 is 0 Å². The fourth-order valence-electron chi connectivity index (χ4n) is 3.72. The average Bonchev–Trinajstić information content (AvgIpc) is 2.82. The highest BCUT2D eigenvalue weighted by molar-refractivity contribution is 5.85. The van der Waals surface area contributed by atoms with Crippen LogP contribution in [0.4, 0.5) is 0 Å². The molecule has 120 valence electrons. The van der Waals surface area contributed by atoms with Crippen LogP contribution < -0.4 is 5.32 Å². The Hall–Kier alpha value is -1.10. The molecule has 1 amide bonds. The van der Waals surface area contributed by atoms with Crippen molar-refractivity contribution in [1.82, 2.24) is 10.2 Å².